The predicted molar refractivity (Wildman–Crippen MR) is 52.9 cm³/mol. The van der Waals surface area contributed by atoms with E-state index in [0.29, 0.717) is 5.56 Å². The Morgan fingerprint density at radius 1 is 1.36 bits per heavy atom. The average Bonchev–Trinajstić information content (AvgIpc) is 2.03. The van der Waals surface area contributed by atoms with E-state index in [4.69, 9.17) is 10.9 Å². The van der Waals surface area contributed by atoms with E-state index in [2.05, 4.69) is 0 Å². The summed E-state index contributed by atoms with van der Waals surface area (Å²) >= 11 is 0. The molecule has 0 aromatic heterocycles. The summed E-state index contributed by atoms with van der Waals surface area (Å²) in [4.78, 5) is -0.518. The molecule has 4 N–H and O–H groups in total. The Hall–Kier alpha value is -0.690. The normalized spacial score (nSPS) is 10.8. The maximum atomic E-state index is 12.9. The van der Waals surface area contributed by atoms with Gasteiger partial charge in [0.1, 0.15) is 10.7 Å². The fourth-order valence-corrected chi connectivity index (χ4v) is 1.55. The van der Waals surface area contributed by atoms with Gasteiger partial charge >= 0.3 is 0 Å². The fraction of sp³-hybridized carbons (Fsp3) is 0.143. The number of hydrogen-bond donors (Lipinski definition) is 2. The van der Waals surface area contributed by atoms with E-state index in [-0.39, 0.29) is 19.0 Å². The van der Waals surface area contributed by atoms with Crippen LogP contribution in [0.3, 0.4) is 0 Å². The van der Waals surface area contributed by atoms with Crippen LogP contribution in [-0.2, 0) is 16.6 Å². The Kier molecular flexibility index (Phi) is 4.47. The lowest BCUT2D eigenvalue weighted by Gasteiger charge is -2.02. The molecule has 0 heterocycles. The molecule has 0 aliphatic carbocycles. The molecule has 0 bridgehead atoms. The molecule has 80 valence electrons. The van der Waals surface area contributed by atoms with Gasteiger partial charge in [0.2, 0.25) is 10.0 Å². The van der Waals surface area contributed by atoms with Crippen molar-refractivity contribution in [1.29, 1.82) is 0 Å². The number of benzene rings is 1. The SMILES string of the molecule is Cl.NCc1ccc(F)c(S(N)(=O)=O)c1. The Balaban J connectivity index is 0.00000169. The minimum atomic E-state index is -4.00. The van der Waals surface area contributed by atoms with Gasteiger partial charge in [-0.15, -0.1) is 12.4 Å². The van der Waals surface area contributed by atoms with E-state index in [1.165, 1.54) is 6.07 Å². The minimum absolute atomic E-state index is 0. The molecule has 0 aliphatic rings. The van der Waals surface area contributed by atoms with Gasteiger partial charge in [0.15, 0.2) is 0 Å². The van der Waals surface area contributed by atoms with Crippen molar-refractivity contribution in [3.05, 3.63) is 29.6 Å². The second-order valence-electron chi connectivity index (χ2n) is 2.51. The van der Waals surface area contributed by atoms with Crippen LogP contribution >= 0.6 is 12.4 Å². The summed E-state index contributed by atoms with van der Waals surface area (Å²) in [5.41, 5.74) is 5.77. The highest BCUT2D eigenvalue weighted by Crippen LogP contribution is 2.14. The molecule has 0 unspecified atom stereocenters. The van der Waals surface area contributed by atoms with Crippen LogP contribution in [0.5, 0.6) is 0 Å². The highest BCUT2D eigenvalue weighted by atomic mass is 35.5. The van der Waals surface area contributed by atoms with Crippen molar-refractivity contribution in [2.24, 2.45) is 10.9 Å². The molecule has 0 saturated carbocycles. The first-order valence-corrected chi connectivity index (χ1v) is 5.01. The van der Waals surface area contributed by atoms with Gasteiger partial charge in [-0.05, 0) is 17.7 Å². The zero-order chi connectivity index (χ0) is 10.1. The molecule has 0 spiro atoms. The summed E-state index contributed by atoms with van der Waals surface area (Å²) in [7, 11) is -4.00. The zero-order valence-corrected chi connectivity index (χ0v) is 8.74. The predicted octanol–water partition coefficient (Wildman–Crippen LogP) is 0.354. The van der Waals surface area contributed by atoms with Gasteiger partial charge in [0.25, 0.3) is 0 Å². The topological polar surface area (TPSA) is 86.2 Å². The van der Waals surface area contributed by atoms with E-state index >= 15 is 0 Å². The molecule has 0 amide bonds. The first-order chi connectivity index (χ1) is 5.95. The van der Waals surface area contributed by atoms with Gasteiger partial charge < -0.3 is 5.73 Å². The smallest absolute Gasteiger partial charge is 0.240 e. The van der Waals surface area contributed by atoms with Crippen molar-refractivity contribution >= 4 is 22.4 Å². The summed E-state index contributed by atoms with van der Waals surface area (Å²) in [5.74, 6) is -0.861. The van der Waals surface area contributed by atoms with Crippen molar-refractivity contribution in [3.8, 4) is 0 Å². The molecule has 0 fully saturated rings. The lowest BCUT2D eigenvalue weighted by Crippen LogP contribution is -2.14. The average molecular weight is 241 g/mol. The van der Waals surface area contributed by atoms with Crippen molar-refractivity contribution < 1.29 is 12.8 Å². The van der Waals surface area contributed by atoms with E-state index < -0.39 is 20.7 Å². The van der Waals surface area contributed by atoms with Crippen LogP contribution in [0.15, 0.2) is 23.1 Å². The van der Waals surface area contributed by atoms with Gasteiger partial charge in [-0.1, -0.05) is 6.07 Å². The van der Waals surface area contributed by atoms with Crippen molar-refractivity contribution in [2.75, 3.05) is 0 Å². The number of rotatable bonds is 2. The largest absolute Gasteiger partial charge is 0.326 e. The van der Waals surface area contributed by atoms with E-state index in [0.717, 1.165) is 12.1 Å². The number of sulfonamides is 1. The molecular weight excluding hydrogens is 231 g/mol. The molecule has 4 nitrogen and oxygen atoms in total. The maximum absolute atomic E-state index is 12.9. The van der Waals surface area contributed by atoms with Crippen molar-refractivity contribution in [3.63, 3.8) is 0 Å². The van der Waals surface area contributed by atoms with E-state index in [9.17, 15) is 12.8 Å². The lowest BCUT2D eigenvalue weighted by molar-refractivity contribution is 0.567. The Morgan fingerprint density at radius 2 is 1.93 bits per heavy atom. The third kappa shape index (κ3) is 2.91. The Labute approximate surface area is 87.6 Å². The van der Waals surface area contributed by atoms with Crippen molar-refractivity contribution in [2.45, 2.75) is 11.4 Å². The summed E-state index contributed by atoms with van der Waals surface area (Å²) in [6, 6.07) is 3.57. The number of hydrogen-bond acceptors (Lipinski definition) is 3. The summed E-state index contributed by atoms with van der Waals surface area (Å²) in [6.45, 7) is 0.142. The third-order valence-corrected chi connectivity index (χ3v) is 2.46. The van der Waals surface area contributed by atoms with Crippen molar-refractivity contribution in [1.82, 2.24) is 0 Å². The second-order valence-corrected chi connectivity index (χ2v) is 4.04. The monoisotopic (exact) mass is 240 g/mol. The molecule has 1 rings (SSSR count). The summed E-state index contributed by atoms with van der Waals surface area (Å²) < 4.78 is 34.5. The minimum Gasteiger partial charge on any atom is -0.326 e. The first kappa shape index (κ1) is 13.3. The van der Waals surface area contributed by atoms with E-state index in [1.807, 2.05) is 0 Å². The molecular formula is C7H10ClFN2O2S. The van der Waals surface area contributed by atoms with Crippen LogP contribution in [0.4, 0.5) is 4.39 Å². The van der Waals surface area contributed by atoms with Gasteiger partial charge in [-0.3, -0.25) is 0 Å². The molecule has 1 aromatic rings. The molecule has 0 radical (unpaired) electrons. The Bertz CT molecular complexity index is 422. The van der Waals surface area contributed by atoms with Gasteiger partial charge in [-0.2, -0.15) is 0 Å². The third-order valence-electron chi connectivity index (χ3n) is 1.54. The molecule has 0 saturated heterocycles. The zero-order valence-electron chi connectivity index (χ0n) is 7.10. The molecule has 0 atom stereocenters. The van der Waals surface area contributed by atoms with Gasteiger partial charge in [0, 0.05) is 6.54 Å². The standard InChI is InChI=1S/C7H9FN2O2S.ClH/c8-6-2-1-5(4-9)3-7(6)13(10,11)12;/h1-3H,4,9H2,(H2,10,11,12);1H. The number of halogens is 2. The van der Waals surface area contributed by atoms with Crippen LogP contribution in [0, 0.1) is 5.82 Å². The van der Waals surface area contributed by atoms with Crippen LogP contribution in [0.2, 0.25) is 0 Å². The fourth-order valence-electron chi connectivity index (χ4n) is 0.893. The molecule has 0 aliphatic heterocycles. The highest BCUT2D eigenvalue weighted by molar-refractivity contribution is 7.89. The van der Waals surface area contributed by atoms with E-state index in [1.54, 1.807) is 0 Å². The molecule has 1 aromatic carbocycles. The van der Waals surface area contributed by atoms with Gasteiger partial charge in [-0.25, -0.2) is 17.9 Å². The maximum Gasteiger partial charge on any atom is 0.240 e. The van der Waals surface area contributed by atoms with Crippen LogP contribution in [-0.4, -0.2) is 8.42 Å². The quantitative estimate of drug-likeness (QED) is 0.782. The lowest BCUT2D eigenvalue weighted by atomic mass is 10.2. The number of nitrogens with two attached hydrogens (primary N) is 2. The van der Waals surface area contributed by atoms with Gasteiger partial charge in [0.05, 0.1) is 0 Å². The van der Waals surface area contributed by atoms with Crippen LogP contribution in [0.1, 0.15) is 5.56 Å². The molecule has 14 heavy (non-hydrogen) atoms. The Morgan fingerprint density at radius 3 is 2.36 bits per heavy atom. The number of primary sulfonamides is 1. The second kappa shape index (κ2) is 4.70. The summed E-state index contributed by atoms with van der Waals surface area (Å²) in [5, 5.41) is 4.77. The van der Waals surface area contributed by atoms with Crippen LogP contribution < -0.4 is 10.9 Å². The summed E-state index contributed by atoms with van der Waals surface area (Å²) in [6.07, 6.45) is 0. The van der Waals surface area contributed by atoms with Crippen LogP contribution in [0.25, 0.3) is 0 Å². The molecule has 7 heteroatoms. The highest BCUT2D eigenvalue weighted by Gasteiger charge is 2.14. The first-order valence-electron chi connectivity index (χ1n) is 3.46.